The average molecular weight is 409 g/mol. The quantitative estimate of drug-likeness (QED) is 0.268. The van der Waals surface area contributed by atoms with Gasteiger partial charge in [0, 0.05) is 45.7 Å². The molecule has 0 saturated heterocycles. The lowest BCUT2D eigenvalue weighted by molar-refractivity contribution is 0.129. The van der Waals surface area contributed by atoms with Crippen molar-refractivity contribution in [1.29, 1.82) is 0 Å². The van der Waals surface area contributed by atoms with E-state index in [0.717, 1.165) is 51.6 Å². The third-order valence-electron chi connectivity index (χ3n) is 2.82. The van der Waals surface area contributed by atoms with Crippen LogP contribution in [0.15, 0.2) is 23.5 Å². The van der Waals surface area contributed by atoms with Crippen LogP contribution < -0.4 is 10.6 Å². The number of aromatic nitrogens is 2. The molecule has 0 radical (unpaired) electrons. The van der Waals surface area contributed by atoms with E-state index < -0.39 is 0 Å². The van der Waals surface area contributed by atoms with Crippen LogP contribution in [0, 0.1) is 0 Å². The highest BCUT2D eigenvalue weighted by Crippen LogP contribution is 1.89. The molecule has 6 nitrogen and oxygen atoms in total. The van der Waals surface area contributed by atoms with E-state index in [9.17, 15) is 0 Å². The summed E-state index contributed by atoms with van der Waals surface area (Å²) in [6.07, 6.45) is 7.05. The van der Waals surface area contributed by atoms with Crippen molar-refractivity contribution < 1.29 is 4.74 Å². The zero-order valence-electron chi connectivity index (χ0n) is 13.0. The van der Waals surface area contributed by atoms with Crippen molar-refractivity contribution in [3.05, 3.63) is 18.5 Å². The van der Waals surface area contributed by atoms with Crippen molar-refractivity contribution in [2.24, 2.45) is 4.99 Å². The first-order valence-corrected chi connectivity index (χ1v) is 7.36. The number of aliphatic imine (C=N–C) groups is 1. The Morgan fingerprint density at radius 1 is 1.24 bits per heavy atom. The second-order valence-corrected chi connectivity index (χ2v) is 4.51. The Hall–Kier alpha value is -0.830. The van der Waals surface area contributed by atoms with E-state index in [-0.39, 0.29) is 24.0 Å². The molecule has 0 aromatic carbocycles. The van der Waals surface area contributed by atoms with E-state index in [4.69, 9.17) is 4.74 Å². The fraction of sp³-hybridized carbons (Fsp3) is 0.714. The number of unbranched alkanes of at least 4 members (excludes halogenated alkanes) is 1. The highest BCUT2D eigenvalue weighted by atomic mass is 127. The van der Waals surface area contributed by atoms with Gasteiger partial charge in [-0.25, -0.2) is 0 Å². The monoisotopic (exact) mass is 409 g/mol. The fourth-order valence-corrected chi connectivity index (χ4v) is 1.67. The molecule has 7 heteroatoms. The Morgan fingerprint density at radius 2 is 2.00 bits per heavy atom. The maximum Gasteiger partial charge on any atom is 0.191 e. The maximum atomic E-state index is 5.51. The van der Waals surface area contributed by atoms with Crippen LogP contribution >= 0.6 is 24.0 Å². The lowest BCUT2D eigenvalue weighted by atomic mass is 10.4. The van der Waals surface area contributed by atoms with Gasteiger partial charge in [-0.05, 0) is 18.9 Å². The number of hydrogen-bond donors (Lipinski definition) is 2. The third kappa shape index (κ3) is 10.5. The number of halogens is 1. The van der Waals surface area contributed by atoms with E-state index in [0.29, 0.717) is 0 Å². The Balaban J connectivity index is 0.00000400. The van der Waals surface area contributed by atoms with E-state index in [1.807, 2.05) is 16.9 Å². The first-order valence-electron chi connectivity index (χ1n) is 7.36. The van der Waals surface area contributed by atoms with E-state index in [1.54, 1.807) is 13.2 Å². The van der Waals surface area contributed by atoms with E-state index in [1.165, 1.54) is 6.42 Å². The molecule has 0 fully saturated rings. The molecule has 0 bridgehead atoms. The molecular weight excluding hydrogens is 381 g/mol. The second kappa shape index (κ2) is 14.1. The average Bonchev–Trinajstić information content (AvgIpc) is 2.97. The van der Waals surface area contributed by atoms with Gasteiger partial charge < -0.3 is 15.4 Å². The van der Waals surface area contributed by atoms with Gasteiger partial charge in [-0.2, -0.15) is 5.10 Å². The number of rotatable bonds is 10. The minimum absolute atomic E-state index is 0. The smallest absolute Gasteiger partial charge is 0.191 e. The molecule has 2 N–H and O–H groups in total. The van der Waals surface area contributed by atoms with Gasteiger partial charge in [0.05, 0.1) is 6.54 Å². The molecule has 1 rings (SSSR count). The van der Waals surface area contributed by atoms with Gasteiger partial charge in [0.2, 0.25) is 0 Å². The summed E-state index contributed by atoms with van der Waals surface area (Å²) in [5.41, 5.74) is 0. The van der Waals surface area contributed by atoms with Crippen LogP contribution in [0.2, 0.25) is 0 Å². The molecule has 0 spiro atoms. The predicted octanol–water partition coefficient (Wildman–Crippen LogP) is 1.87. The summed E-state index contributed by atoms with van der Waals surface area (Å²) in [4.78, 5) is 4.18. The SMILES string of the molecule is CCCCOCCCNC(=NC)NCCn1cccn1.I. The number of nitrogens with zero attached hydrogens (tertiary/aromatic N) is 3. The van der Waals surface area contributed by atoms with Gasteiger partial charge >= 0.3 is 0 Å². The molecule has 0 saturated carbocycles. The summed E-state index contributed by atoms with van der Waals surface area (Å²) in [6.45, 7) is 6.34. The van der Waals surface area contributed by atoms with Crippen LogP contribution in [-0.2, 0) is 11.3 Å². The number of guanidine groups is 1. The molecule has 1 aromatic rings. The van der Waals surface area contributed by atoms with Crippen molar-refractivity contribution in [3.63, 3.8) is 0 Å². The Bertz CT molecular complexity index is 356. The van der Waals surface area contributed by atoms with Gasteiger partial charge in [0.1, 0.15) is 0 Å². The van der Waals surface area contributed by atoms with Crippen LogP contribution in [0.4, 0.5) is 0 Å². The standard InChI is InChI=1S/C14H27N5O.HI/c1-3-4-12-20-13-6-7-16-14(15-2)17-9-11-19-10-5-8-18-19;/h5,8,10H,3-4,6-7,9,11-13H2,1-2H3,(H2,15,16,17);1H. The van der Waals surface area contributed by atoms with Crippen molar-refractivity contribution >= 4 is 29.9 Å². The molecule has 21 heavy (non-hydrogen) atoms. The molecule has 122 valence electrons. The molecule has 0 atom stereocenters. The number of hydrogen-bond acceptors (Lipinski definition) is 3. The molecule has 0 aliphatic carbocycles. The summed E-state index contributed by atoms with van der Waals surface area (Å²) in [5, 5.41) is 10.7. The topological polar surface area (TPSA) is 63.5 Å². The van der Waals surface area contributed by atoms with Crippen LogP contribution in [0.5, 0.6) is 0 Å². The normalized spacial score (nSPS) is 11.0. The van der Waals surface area contributed by atoms with Crippen molar-refractivity contribution in [2.75, 3.05) is 33.4 Å². The van der Waals surface area contributed by atoms with E-state index >= 15 is 0 Å². The van der Waals surface area contributed by atoms with Crippen LogP contribution in [0.25, 0.3) is 0 Å². The summed E-state index contributed by atoms with van der Waals surface area (Å²) < 4.78 is 7.40. The van der Waals surface area contributed by atoms with Gasteiger partial charge in [-0.3, -0.25) is 9.67 Å². The third-order valence-corrected chi connectivity index (χ3v) is 2.82. The molecule has 0 aliphatic rings. The van der Waals surface area contributed by atoms with Crippen molar-refractivity contribution in [1.82, 2.24) is 20.4 Å². The van der Waals surface area contributed by atoms with Crippen LogP contribution in [-0.4, -0.2) is 49.1 Å². The first kappa shape index (κ1) is 20.2. The number of ether oxygens (including phenoxy) is 1. The summed E-state index contributed by atoms with van der Waals surface area (Å²) in [6, 6.07) is 1.92. The molecule has 1 heterocycles. The molecule has 0 aliphatic heterocycles. The molecule has 0 amide bonds. The zero-order valence-corrected chi connectivity index (χ0v) is 15.4. The van der Waals surface area contributed by atoms with Crippen LogP contribution in [0.3, 0.4) is 0 Å². The lowest BCUT2D eigenvalue weighted by Gasteiger charge is -2.12. The van der Waals surface area contributed by atoms with Crippen molar-refractivity contribution in [3.8, 4) is 0 Å². The number of nitrogens with one attached hydrogen (secondary N) is 2. The molecular formula is C14H28IN5O. The minimum atomic E-state index is 0. The zero-order chi connectivity index (χ0) is 14.5. The van der Waals surface area contributed by atoms with Gasteiger partial charge in [-0.1, -0.05) is 13.3 Å². The van der Waals surface area contributed by atoms with Gasteiger partial charge in [-0.15, -0.1) is 24.0 Å². The first-order chi connectivity index (χ1) is 9.86. The summed E-state index contributed by atoms with van der Waals surface area (Å²) >= 11 is 0. The van der Waals surface area contributed by atoms with E-state index in [2.05, 4.69) is 27.6 Å². The highest BCUT2D eigenvalue weighted by molar-refractivity contribution is 14.0. The Labute approximate surface area is 144 Å². The van der Waals surface area contributed by atoms with Crippen LogP contribution in [0.1, 0.15) is 26.2 Å². The highest BCUT2D eigenvalue weighted by Gasteiger charge is 1.97. The Kier molecular flexibility index (Phi) is 13.6. The van der Waals surface area contributed by atoms with Gasteiger partial charge in [0.15, 0.2) is 5.96 Å². The summed E-state index contributed by atoms with van der Waals surface area (Å²) in [7, 11) is 1.78. The summed E-state index contributed by atoms with van der Waals surface area (Å²) in [5.74, 6) is 0.825. The lowest BCUT2D eigenvalue weighted by Crippen LogP contribution is -2.39. The molecule has 1 aromatic heterocycles. The fourth-order valence-electron chi connectivity index (χ4n) is 1.67. The maximum absolute atomic E-state index is 5.51. The minimum Gasteiger partial charge on any atom is -0.381 e. The van der Waals surface area contributed by atoms with Crippen molar-refractivity contribution in [2.45, 2.75) is 32.7 Å². The second-order valence-electron chi connectivity index (χ2n) is 4.51. The predicted molar refractivity (Wildman–Crippen MR) is 97.4 cm³/mol. The largest absolute Gasteiger partial charge is 0.381 e. The molecule has 0 unspecified atom stereocenters. The van der Waals surface area contributed by atoms with Gasteiger partial charge in [0.25, 0.3) is 0 Å². The Morgan fingerprint density at radius 3 is 2.67 bits per heavy atom.